The number of carbonyl (C=O) groups is 1. The van der Waals surface area contributed by atoms with Crippen molar-refractivity contribution in [2.75, 3.05) is 32.4 Å². The monoisotopic (exact) mass is 518 g/mol. The summed E-state index contributed by atoms with van der Waals surface area (Å²) in [5.41, 5.74) is -0.529. The number of hydrogen-bond donors (Lipinski definition) is 2. The highest BCUT2D eigenvalue weighted by atomic mass is 127. The van der Waals surface area contributed by atoms with Gasteiger partial charge in [-0.15, -0.1) is 24.0 Å². The first-order valence-corrected chi connectivity index (χ1v) is 10.6. The van der Waals surface area contributed by atoms with E-state index in [4.69, 9.17) is 4.74 Å². The first kappa shape index (κ1) is 26.2. The Morgan fingerprint density at radius 2 is 1.81 bits per heavy atom. The zero-order valence-corrected chi connectivity index (χ0v) is 20.6. The number of hydrogen-bond acceptors (Lipinski definition) is 5. The molecule has 0 aromatic heterocycles. The molecular weight excluding hydrogens is 483 g/mol. The van der Waals surface area contributed by atoms with Gasteiger partial charge in [0.05, 0.1) is 16.5 Å². The van der Waals surface area contributed by atoms with Gasteiger partial charge in [0.15, 0.2) is 15.8 Å². The number of rotatable bonds is 4. The molecule has 0 bridgehead atoms. The Morgan fingerprint density at radius 1 is 1.22 bits per heavy atom. The van der Waals surface area contributed by atoms with Crippen molar-refractivity contribution in [2.45, 2.75) is 64.4 Å². The molecule has 0 aliphatic carbocycles. The van der Waals surface area contributed by atoms with Crippen molar-refractivity contribution < 1.29 is 17.9 Å². The fraction of sp³-hybridized carbons (Fsp3) is 0.882. The van der Waals surface area contributed by atoms with Crippen LogP contribution in [0.5, 0.6) is 0 Å². The molecule has 10 heteroatoms. The third-order valence-corrected chi connectivity index (χ3v) is 6.61. The number of sulfone groups is 1. The van der Waals surface area contributed by atoms with Gasteiger partial charge in [0.2, 0.25) is 0 Å². The average molecular weight is 518 g/mol. The molecule has 0 radical (unpaired) electrons. The van der Waals surface area contributed by atoms with E-state index < -0.39 is 26.3 Å². The van der Waals surface area contributed by atoms with Gasteiger partial charge in [-0.1, -0.05) is 0 Å². The second-order valence-corrected chi connectivity index (χ2v) is 11.3. The van der Waals surface area contributed by atoms with Crippen LogP contribution >= 0.6 is 24.0 Å². The van der Waals surface area contributed by atoms with Crippen LogP contribution in [0.2, 0.25) is 0 Å². The Labute approximate surface area is 180 Å². The van der Waals surface area contributed by atoms with E-state index in [0.29, 0.717) is 19.0 Å². The summed E-state index contributed by atoms with van der Waals surface area (Å²) >= 11 is 0. The molecule has 1 heterocycles. The fourth-order valence-electron chi connectivity index (χ4n) is 2.48. The van der Waals surface area contributed by atoms with E-state index >= 15 is 0 Å². The summed E-state index contributed by atoms with van der Waals surface area (Å²) in [7, 11) is -1.52. The van der Waals surface area contributed by atoms with Gasteiger partial charge in [0.1, 0.15) is 5.60 Å². The minimum atomic E-state index is -3.18. The lowest BCUT2D eigenvalue weighted by Gasteiger charge is -2.24. The molecule has 0 saturated carbocycles. The van der Waals surface area contributed by atoms with Crippen molar-refractivity contribution in [3.8, 4) is 0 Å². The molecule has 0 spiro atoms. The van der Waals surface area contributed by atoms with Crippen LogP contribution in [0.15, 0.2) is 4.99 Å². The number of carbonyl (C=O) groups excluding carboxylic acids is 1. The van der Waals surface area contributed by atoms with Gasteiger partial charge < -0.3 is 20.3 Å². The molecule has 27 heavy (non-hydrogen) atoms. The molecule has 1 unspecified atom stereocenters. The largest absolute Gasteiger partial charge is 0.444 e. The zero-order chi connectivity index (χ0) is 20.2. The Balaban J connectivity index is 0.00000676. The Bertz CT molecular complexity index is 624. The maximum Gasteiger partial charge on any atom is 0.407 e. The summed E-state index contributed by atoms with van der Waals surface area (Å²) < 4.78 is 28.9. The third kappa shape index (κ3) is 8.84. The van der Waals surface area contributed by atoms with Crippen LogP contribution in [0.25, 0.3) is 0 Å². The first-order valence-electron chi connectivity index (χ1n) is 8.92. The molecule has 1 atom stereocenters. The van der Waals surface area contributed by atoms with Gasteiger partial charge in [-0.2, -0.15) is 0 Å². The molecule has 160 valence electrons. The minimum Gasteiger partial charge on any atom is -0.444 e. The smallest absolute Gasteiger partial charge is 0.407 e. The van der Waals surface area contributed by atoms with E-state index in [2.05, 4.69) is 15.6 Å². The lowest BCUT2D eigenvalue weighted by molar-refractivity contribution is 0.0507. The van der Waals surface area contributed by atoms with Crippen LogP contribution in [0.3, 0.4) is 0 Å². The highest BCUT2D eigenvalue weighted by Gasteiger charge is 2.30. The number of aliphatic imine (C=N–C) groups is 1. The van der Waals surface area contributed by atoms with Crippen LogP contribution in [-0.2, 0) is 14.6 Å². The topological polar surface area (TPSA) is 100 Å². The second kappa shape index (κ2) is 10.1. The molecule has 1 saturated heterocycles. The van der Waals surface area contributed by atoms with Crippen molar-refractivity contribution in [1.29, 1.82) is 0 Å². The van der Waals surface area contributed by atoms with Crippen molar-refractivity contribution >= 4 is 45.9 Å². The van der Waals surface area contributed by atoms with Gasteiger partial charge in [-0.3, -0.25) is 4.99 Å². The van der Waals surface area contributed by atoms with Gasteiger partial charge in [-0.25, -0.2) is 13.2 Å². The lowest BCUT2D eigenvalue weighted by Crippen LogP contribution is -2.45. The normalized spacial score (nSPS) is 18.7. The molecule has 0 aromatic rings. The van der Waals surface area contributed by atoms with Gasteiger partial charge in [0.25, 0.3) is 0 Å². The van der Waals surface area contributed by atoms with Gasteiger partial charge in [0, 0.05) is 26.7 Å². The van der Waals surface area contributed by atoms with Crippen LogP contribution in [0.1, 0.15) is 48.0 Å². The second-order valence-electron chi connectivity index (χ2n) is 8.48. The summed E-state index contributed by atoms with van der Waals surface area (Å²) in [5.74, 6) is 0.686. The molecule has 1 fully saturated rings. The summed E-state index contributed by atoms with van der Waals surface area (Å²) in [5, 5.41) is 5.97. The number of likely N-dealkylation sites (tertiary alicyclic amines) is 1. The van der Waals surface area contributed by atoms with E-state index in [-0.39, 0.29) is 35.8 Å². The Kier molecular flexibility index (Phi) is 9.84. The van der Waals surface area contributed by atoms with Gasteiger partial charge >= 0.3 is 6.09 Å². The average Bonchev–Trinajstić information content (AvgIpc) is 2.88. The van der Waals surface area contributed by atoms with Crippen molar-refractivity contribution in [1.82, 2.24) is 15.5 Å². The van der Waals surface area contributed by atoms with E-state index in [9.17, 15) is 13.2 Å². The highest BCUT2D eigenvalue weighted by molar-refractivity contribution is 14.0. The lowest BCUT2D eigenvalue weighted by atomic mass is 10.2. The third-order valence-electron chi connectivity index (χ3n) is 4.01. The van der Waals surface area contributed by atoms with Crippen LogP contribution < -0.4 is 10.6 Å². The maximum atomic E-state index is 12.2. The van der Waals surface area contributed by atoms with Crippen LogP contribution in [0.4, 0.5) is 4.79 Å². The van der Waals surface area contributed by atoms with Crippen molar-refractivity contribution in [3.63, 3.8) is 0 Å². The number of nitrogens with one attached hydrogen (secondary N) is 2. The Morgan fingerprint density at radius 3 is 2.30 bits per heavy atom. The highest BCUT2D eigenvalue weighted by Crippen LogP contribution is 2.15. The number of alkyl carbamates (subject to hydrolysis) is 1. The number of amides is 1. The molecule has 2 N–H and O–H groups in total. The number of guanidine groups is 1. The van der Waals surface area contributed by atoms with E-state index in [1.807, 2.05) is 25.7 Å². The summed E-state index contributed by atoms with van der Waals surface area (Å²) in [6, 6.07) is -0.0262. The summed E-state index contributed by atoms with van der Waals surface area (Å²) in [4.78, 5) is 18.1. The van der Waals surface area contributed by atoms with Gasteiger partial charge in [-0.05, 0) is 48.0 Å². The number of halogens is 1. The van der Waals surface area contributed by atoms with Crippen LogP contribution in [0, 0.1) is 0 Å². The maximum absolute atomic E-state index is 12.2. The minimum absolute atomic E-state index is 0. The number of nitrogens with zero attached hydrogens (tertiary/aromatic N) is 2. The van der Waals surface area contributed by atoms with E-state index in [0.717, 1.165) is 13.0 Å². The quantitative estimate of drug-likeness (QED) is 0.336. The van der Waals surface area contributed by atoms with Crippen molar-refractivity contribution in [3.05, 3.63) is 0 Å². The molecule has 0 aromatic carbocycles. The van der Waals surface area contributed by atoms with Crippen molar-refractivity contribution in [2.24, 2.45) is 4.99 Å². The molecule has 1 aliphatic heterocycles. The summed E-state index contributed by atoms with van der Waals surface area (Å²) in [6.45, 7) is 12.2. The number of ether oxygens (including phenoxy) is 1. The SMILES string of the molecule is CN=C(NCCS(=O)(=O)C(C)(C)C)N1CCC(NC(=O)OC(C)(C)C)C1.I. The first-order chi connectivity index (χ1) is 11.7. The molecule has 1 amide bonds. The zero-order valence-electron chi connectivity index (χ0n) is 17.5. The predicted octanol–water partition coefficient (Wildman–Crippen LogP) is 1.99. The Hall–Kier alpha value is -0.780. The van der Waals surface area contributed by atoms with Crippen LogP contribution in [-0.4, -0.2) is 74.2 Å². The standard InChI is InChI=1S/C17H34N4O4S.HI/c1-16(2,3)25-15(22)20-13-8-10-21(12-13)14(18-7)19-9-11-26(23,24)17(4,5)6;/h13H,8-12H2,1-7H3,(H,18,19)(H,20,22);1H. The molecular formula is C17H35IN4O4S. The summed E-state index contributed by atoms with van der Waals surface area (Å²) in [6.07, 6.45) is 0.351. The fourth-order valence-corrected chi connectivity index (χ4v) is 3.46. The van der Waals surface area contributed by atoms with E-state index in [1.165, 1.54) is 0 Å². The molecule has 1 aliphatic rings. The predicted molar refractivity (Wildman–Crippen MR) is 120 cm³/mol. The molecule has 8 nitrogen and oxygen atoms in total. The van der Waals surface area contributed by atoms with E-state index in [1.54, 1.807) is 27.8 Å². The molecule has 1 rings (SSSR count).